The van der Waals surface area contributed by atoms with Gasteiger partial charge in [-0.15, -0.1) is 0 Å². The lowest BCUT2D eigenvalue weighted by molar-refractivity contribution is 0.0719. The van der Waals surface area contributed by atoms with Gasteiger partial charge in [0.25, 0.3) is 0 Å². The Balaban J connectivity index is 1.31. The molecule has 0 spiro atoms. The van der Waals surface area contributed by atoms with Crippen LogP contribution in [0.4, 0.5) is 0 Å². The second-order valence-corrected chi connectivity index (χ2v) is 30.4. The number of rotatable bonds is 23. The minimum atomic E-state index is -2.82. The molecule has 0 amide bonds. The van der Waals surface area contributed by atoms with Gasteiger partial charge in [0.15, 0.2) is 8.32 Å². The second kappa shape index (κ2) is 16.9. The lowest BCUT2D eigenvalue weighted by Crippen LogP contribution is -2.57. The van der Waals surface area contributed by atoms with Crippen molar-refractivity contribution < 1.29 is 35.1 Å². The fourth-order valence-corrected chi connectivity index (χ4v) is 27.1. The van der Waals surface area contributed by atoms with E-state index in [4.69, 9.17) is 35.1 Å². The summed E-state index contributed by atoms with van der Waals surface area (Å²) in [6.45, 7) is 19.3. The van der Waals surface area contributed by atoms with Crippen LogP contribution in [0.3, 0.4) is 0 Å². The molecule has 0 aromatic heterocycles. The molecule has 44 heavy (non-hydrogen) atoms. The molecule has 0 N–H and O–H groups in total. The molecular formula is C31H64O8Si5. The molecule has 0 aromatic carbocycles. The third-order valence-electron chi connectivity index (χ3n) is 9.76. The first-order valence-electron chi connectivity index (χ1n) is 17.9. The zero-order valence-corrected chi connectivity index (χ0v) is 34.3. The third kappa shape index (κ3) is 12.3. The number of hydrogen-bond acceptors (Lipinski definition) is 8. The molecule has 8 nitrogen and oxygen atoms in total. The molecule has 0 bridgehead atoms. The van der Waals surface area contributed by atoms with Crippen LogP contribution in [0.1, 0.15) is 85.0 Å². The van der Waals surface area contributed by atoms with Crippen LogP contribution in [-0.2, 0) is 35.1 Å². The third-order valence-corrected chi connectivity index (χ3v) is 26.8. The van der Waals surface area contributed by atoms with Crippen molar-refractivity contribution in [3.8, 4) is 0 Å². The van der Waals surface area contributed by atoms with E-state index in [1.54, 1.807) is 0 Å². The van der Waals surface area contributed by atoms with Crippen LogP contribution < -0.4 is 0 Å². The molecule has 256 valence electrons. The highest BCUT2D eigenvalue weighted by Crippen LogP contribution is 2.42. The van der Waals surface area contributed by atoms with Gasteiger partial charge in [0.1, 0.15) is 0 Å². The first-order chi connectivity index (χ1) is 20.9. The van der Waals surface area contributed by atoms with E-state index in [1.165, 1.54) is 64.2 Å². The van der Waals surface area contributed by atoms with E-state index in [0.717, 1.165) is 36.0 Å². The summed E-state index contributed by atoms with van der Waals surface area (Å²) in [7, 11) is -9.38. The largest absolute Gasteiger partial charge is 0.500 e. The highest BCUT2D eigenvalue weighted by atomic mass is 28.5. The van der Waals surface area contributed by atoms with Crippen LogP contribution in [0.15, 0.2) is 0 Å². The maximum atomic E-state index is 7.26. The van der Waals surface area contributed by atoms with E-state index >= 15 is 0 Å². The lowest BCUT2D eigenvalue weighted by Gasteiger charge is -2.41. The zero-order chi connectivity index (χ0) is 31.8. The van der Waals surface area contributed by atoms with Crippen molar-refractivity contribution in [2.75, 3.05) is 19.8 Å². The van der Waals surface area contributed by atoms with E-state index in [0.29, 0.717) is 54.0 Å². The Morgan fingerprint density at radius 3 is 1.70 bits per heavy atom. The Bertz CT molecular complexity index is 852. The van der Waals surface area contributed by atoms with Gasteiger partial charge in [-0.2, -0.15) is 0 Å². The number of fused-ring (bicyclic) bond motifs is 2. The van der Waals surface area contributed by atoms with Gasteiger partial charge in [-0.3, -0.25) is 0 Å². The van der Waals surface area contributed by atoms with Gasteiger partial charge in [-0.05, 0) is 122 Å². The van der Waals surface area contributed by atoms with E-state index in [-0.39, 0.29) is 0 Å². The first-order valence-corrected chi connectivity index (χ1v) is 29.4. The summed E-state index contributed by atoms with van der Waals surface area (Å²) in [4.78, 5) is 0. The Kier molecular flexibility index (Phi) is 14.5. The van der Waals surface area contributed by atoms with Gasteiger partial charge in [-0.25, -0.2) is 0 Å². The summed E-state index contributed by atoms with van der Waals surface area (Å²) in [5.41, 5.74) is 0. The van der Waals surface area contributed by atoms with Gasteiger partial charge in [-0.1, -0.05) is 25.7 Å². The van der Waals surface area contributed by atoms with Crippen LogP contribution in [0.25, 0.3) is 0 Å². The summed E-state index contributed by atoms with van der Waals surface area (Å²) in [5, 5.41) is 0. The topological polar surface area (TPSA) is 80.4 Å². The molecule has 2 aliphatic heterocycles. The second-order valence-electron chi connectivity index (χ2n) is 14.8. The number of ether oxygens (including phenoxy) is 2. The molecular weight excluding hydrogens is 641 g/mol. The molecule has 2 aliphatic carbocycles. The smallest absolute Gasteiger partial charge is 0.436 e. The zero-order valence-electron chi connectivity index (χ0n) is 29.3. The van der Waals surface area contributed by atoms with Crippen molar-refractivity contribution in [2.24, 2.45) is 11.8 Å². The molecule has 2 saturated carbocycles. The van der Waals surface area contributed by atoms with Crippen molar-refractivity contribution in [1.29, 1.82) is 0 Å². The molecule has 4 aliphatic rings. The fraction of sp³-hybridized carbons (Fsp3) is 1.00. The summed E-state index contributed by atoms with van der Waals surface area (Å²) < 4.78 is 51.2. The average molecular weight is 705 g/mol. The maximum absolute atomic E-state index is 7.26. The van der Waals surface area contributed by atoms with E-state index in [1.807, 2.05) is 20.8 Å². The van der Waals surface area contributed by atoms with Gasteiger partial charge in [0.05, 0.1) is 24.4 Å². The standard InChI is InChI=1S/C31H64O8Si5/c1-9-32-44(33-10-2,34-11-3)23-22-43(8,38-41(4,5)21-13-15-27-17-19-29-31(25-27)36-29)39-42(6,7)37-40-20-12-14-26-16-18-28-30(24-26)35-28/h26-31H,9-25H2,1-8H3. The maximum Gasteiger partial charge on any atom is 0.500 e. The quantitative estimate of drug-likeness (QED) is 0.0606. The minimum Gasteiger partial charge on any atom is -0.436 e. The molecule has 0 aromatic rings. The Morgan fingerprint density at radius 1 is 0.636 bits per heavy atom. The average Bonchev–Trinajstić information content (AvgIpc) is 3.86. The molecule has 4 rings (SSSR count). The molecule has 2 radical (unpaired) electrons. The van der Waals surface area contributed by atoms with Gasteiger partial charge in [0.2, 0.25) is 9.76 Å². The van der Waals surface area contributed by atoms with Crippen LogP contribution in [0.2, 0.25) is 56.9 Å². The summed E-state index contributed by atoms with van der Waals surface area (Å²) in [6.07, 6.45) is 15.1. The SMILES string of the molecule is CCO[Si](CC[Si](C)(O[Si](C)(C)CCCC1CCC2OC2C1)O[Si](C)(C)O[Si]CCCC1CCC2OC2C1)(OCC)OCC. The minimum absolute atomic E-state index is 0.486. The van der Waals surface area contributed by atoms with Crippen molar-refractivity contribution in [3.63, 3.8) is 0 Å². The van der Waals surface area contributed by atoms with Gasteiger partial charge in [0, 0.05) is 25.9 Å². The monoisotopic (exact) mass is 704 g/mol. The van der Waals surface area contributed by atoms with E-state index < -0.39 is 34.2 Å². The Morgan fingerprint density at radius 2 is 1.18 bits per heavy atom. The first kappa shape index (κ1) is 37.6. The van der Waals surface area contributed by atoms with Crippen LogP contribution in [0.5, 0.6) is 0 Å². The van der Waals surface area contributed by atoms with Gasteiger partial charge >= 0.3 is 25.9 Å². The van der Waals surface area contributed by atoms with Gasteiger partial charge < -0.3 is 35.1 Å². The predicted molar refractivity (Wildman–Crippen MR) is 186 cm³/mol. The Labute approximate surface area is 276 Å². The highest BCUT2D eigenvalue weighted by molar-refractivity contribution is 6.88. The lowest BCUT2D eigenvalue weighted by atomic mass is 9.86. The van der Waals surface area contributed by atoms with Crippen LogP contribution in [0, 0.1) is 11.8 Å². The number of hydrogen-bond donors (Lipinski definition) is 0. The van der Waals surface area contributed by atoms with Crippen molar-refractivity contribution in [3.05, 3.63) is 0 Å². The normalized spacial score (nSPS) is 30.0. The van der Waals surface area contributed by atoms with E-state index in [9.17, 15) is 0 Å². The molecule has 7 unspecified atom stereocenters. The summed E-state index contributed by atoms with van der Waals surface area (Å²) in [6, 6.07) is 3.80. The van der Waals surface area contributed by atoms with Crippen LogP contribution >= 0.6 is 0 Å². The summed E-state index contributed by atoms with van der Waals surface area (Å²) >= 11 is 0. The van der Waals surface area contributed by atoms with Crippen molar-refractivity contribution in [2.45, 2.75) is 166 Å². The molecule has 2 heterocycles. The molecule has 7 atom stereocenters. The molecule has 4 fully saturated rings. The van der Waals surface area contributed by atoms with Crippen LogP contribution in [-0.4, -0.2) is 88.2 Å². The molecule has 2 saturated heterocycles. The Hall–Kier alpha value is 0.764. The van der Waals surface area contributed by atoms with Crippen molar-refractivity contribution >= 4 is 44.0 Å². The predicted octanol–water partition coefficient (Wildman–Crippen LogP) is 7.80. The van der Waals surface area contributed by atoms with E-state index in [2.05, 4.69) is 32.7 Å². The molecule has 13 heteroatoms. The number of epoxide rings is 2. The highest BCUT2D eigenvalue weighted by Gasteiger charge is 2.49. The summed E-state index contributed by atoms with van der Waals surface area (Å²) in [5.74, 6) is 1.65. The van der Waals surface area contributed by atoms with Crippen molar-refractivity contribution in [1.82, 2.24) is 0 Å². The fourth-order valence-electron chi connectivity index (χ4n) is 7.68.